The van der Waals surface area contributed by atoms with Crippen LogP contribution in [0, 0.1) is 12.8 Å². The van der Waals surface area contributed by atoms with E-state index in [4.69, 9.17) is 0 Å². The lowest BCUT2D eigenvalue weighted by Gasteiger charge is -2.20. The molecule has 1 atom stereocenters. The fourth-order valence-electron chi connectivity index (χ4n) is 2.71. The summed E-state index contributed by atoms with van der Waals surface area (Å²) in [7, 11) is 0. The summed E-state index contributed by atoms with van der Waals surface area (Å²) in [6, 6.07) is 20.0. The van der Waals surface area contributed by atoms with E-state index in [0.717, 1.165) is 16.9 Å². The number of nitrogens with zero attached hydrogens (tertiary/aromatic N) is 2. The number of anilines is 3. The summed E-state index contributed by atoms with van der Waals surface area (Å²) in [5, 5.41) is 16.3. The lowest BCUT2D eigenvalue weighted by atomic mass is 10.1. The Balaban J connectivity index is 1.96. The second-order valence-electron chi connectivity index (χ2n) is 7.00. The maximum atomic E-state index is 9.64. The van der Waals surface area contributed by atoms with Crippen molar-refractivity contribution >= 4 is 17.5 Å². The monoisotopic (exact) mass is 362 g/mol. The van der Waals surface area contributed by atoms with Crippen LogP contribution in [-0.2, 0) is 0 Å². The average molecular weight is 362 g/mol. The predicted octanol–water partition coefficient (Wildman–Crippen LogP) is 4.62. The molecule has 0 spiro atoms. The van der Waals surface area contributed by atoms with Crippen LogP contribution in [-0.4, -0.2) is 27.7 Å². The molecule has 2 aromatic carbocycles. The Morgan fingerprint density at radius 2 is 1.67 bits per heavy atom. The molecule has 0 radical (unpaired) electrons. The number of rotatable bonds is 7. The largest absolute Gasteiger partial charge is 0.394 e. The van der Waals surface area contributed by atoms with Crippen molar-refractivity contribution in [3.8, 4) is 11.3 Å². The van der Waals surface area contributed by atoms with E-state index in [-0.39, 0.29) is 18.6 Å². The van der Waals surface area contributed by atoms with Crippen LogP contribution in [0.3, 0.4) is 0 Å². The molecule has 0 saturated carbocycles. The molecule has 0 unspecified atom stereocenters. The van der Waals surface area contributed by atoms with Gasteiger partial charge >= 0.3 is 0 Å². The summed E-state index contributed by atoms with van der Waals surface area (Å²) in [6.07, 6.45) is 0. The number of aryl methyl sites for hydroxylation is 1. The Labute approximate surface area is 160 Å². The minimum absolute atomic E-state index is 0.0251. The Bertz CT molecular complexity index is 863. The second-order valence-corrected chi connectivity index (χ2v) is 7.00. The molecule has 0 fully saturated rings. The first-order chi connectivity index (χ1) is 13.0. The van der Waals surface area contributed by atoms with E-state index < -0.39 is 0 Å². The molecule has 0 aliphatic carbocycles. The molecule has 3 aromatic rings. The van der Waals surface area contributed by atoms with Crippen molar-refractivity contribution in [2.75, 3.05) is 17.2 Å². The van der Waals surface area contributed by atoms with Gasteiger partial charge in [-0.1, -0.05) is 61.9 Å². The normalized spacial score (nSPS) is 12.0. The highest BCUT2D eigenvalue weighted by atomic mass is 16.3. The van der Waals surface area contributed by atoms with E-state index in [1.807, 2.05) is 48.5 Å². The third-order valence-electron chi connectivity index (χ3n) is 4.44. The predicted molar refractivity (Wildman–Crippen MR) is 111 cm³/mol. The molecule has 0 saturated heterocycles. The first-order valence-electron chi connectivity index (χ1n) is 9.21. The van der Waals surface area contributed by atoms with Gasteiger partial charge in [0, 0.05) is 17.3 Å². The van der Waals surface area contributed by atoms with Crippen molar-refractivity contribution in [3.63, 3.8) is 0 Å². The molecule has 1 heterocycles. The molecule has 0 amide bonds. The van der Waals surface area contributed by atoms with Gasteiger partial charge in [0.15, 0.2) is 0 Å². The Morgan fingerprint density at radius 1 is 0.963 bits per heavy atom. The van der Waals surface area contributed by atoms with Gasteiger partial charge in [0.2, 0.25) is 5.95 Å². The lowest BCUT2D eigenvalue weighted by molar-refractivity contribution is 0.248. The average Bonchev–Trinajstić information content (AvgIpc) is 2.68. The standard InChI is InChI=1S/C22H26N4O/c1-15(2)20(14-27)25-22-24-19(17-7-5-4-6-8-17)13-21(26-22)23-18-11-9-16(3)10-12-18/h4-13,15,20,27H,14H2,1-3H3,(H2,23,24,25,26)/t20-/m0/s1. The van der Waals surface area contributed by atoms with Gasteiger partial charge in [-0.3, -0.25) is 0 Å². The molecule has 27 heavy (non-hydrogen) atoms. The first kappa shape index (κ1) is 18.9. The van der Waals surface area contributed by atoms with Crippen LogP contribution in [0.2, 0.25) is 0 Å². The Morgan fingerprint density at radius 3 is 2.30 bits per heavy atom. The lowest BCUT2D eigenvalue weighted by Crippen LogP contribution is -2.30. The number of aliphatic hydroxyl groups is 1. The van der Waals surface area contributed by atoms with Crippen molar-refractivity contribution in [1.82, 2.24) is 9.97 Å². The van der Waals surface area contributed by atoms with Crippen molar-refractivity contribution in [2.24, 2.45) is 5.92 Å². The van der Waals surface area contributed by atoms with Crippen LogP contribution < -0.4 is 10.6 Å². The van der Waals surface area contributed by atoms with Crippen molar-refractivity contribution in [2.45, 2.75) is 26.8 Å². The van der Waals surface area contributed by atoms with Crippen LogP contribution in [0.25, 0.3) is 11.3 Å². The summed E-state index contributed by atoms with van der Waals surface area (Å²) in [6.45, 7) is 6.20. The molecule has 3 rings (SSSR count). The van der Waals surface area contributed by atoms with E-state index in [1.54, 1.807) is 0 Å². The van der Waals surface area contributed by atoms with E-state index in [0.29, 0.717) is 11.8 Å². The number of aromatic nitrogens is 2. The fraction of sp³-hybridized carbons (Fsp3) is 0.273. The summed E-state index contributed by atoms with van der Waals surface area (Å²) in [5.41, 5.74) is 4.01. The SMILES string of the molecule is Cc1ccc(Nc2cc(-c3ccccc3)nc(N[C@@H](CO)C(C)C)n2)cc1. The highest BCUT2D eigenvalue weighted by Gasteiger charge is 2.15. The van der Waals surface area contributed by atoms with Gasteiger partial charge in [-0.25, -0.2) is 4.98 Å². The highest BCUT2D eigenvalue weighted by Crippen LogP contribution is 2.24. The summed E-state index contributed by atoms with van der Waals surface area (Å²) < 4.78 is 0. The number of nitrogens with one attached hydrogen (secondary N) is 2. The topological polar surface area (TPSA) is 70.1 Å². The zero-order chi connectivity index (χ0) is 19.2. The van der Waals surface area contributed by atoms with Crippen LogP contribution in [0.1, 0.15) is 19.4 Å². The van der Waals surface area contributed by atoms with Crippen molar-refractivity contribution < 1.29 is 5.11 Å². The molecule has 1 aromatic heterocycles. The van der Waals surface area contributed by atoms with E-state index in [1.165, 1.54) is 5.56 Å². The second kappa shape index (κ2) is 8.64. The van der Waals surface area contributed by atoms with E-state index in [2.05, 4.69) is 53.5 Å². The van der Waals surface area contributed by atoms with Crippen molar-refractivity contribution in [1.29, 1.82) is 0 Å². The Kier molecular flexibility index (Phi) is 6.04. The zero-order valence-electron chi connectivity index (χ0n) is 16.0. The van der Waals surface area contributed by atoms with Crippen LogP contribution >= 0.6 is 0 Å². The maximum absolute atomic E-state index is 9.64. The minimum atomic E-state index is -0.108. The van der Waals surface area contributed by atoms with Crippen LogP contribution in [0.15, 0.2) is 60.7 Å². The number of hydrogen-bond donors (Lipinski definition) is 3. The van der Waals surface area contributed by atoms with Crippen molar-refractivity contribution in [3.05, 3.63) is 66.2 Å². The molecule has 0 aliphatic rings. The van der Waals surface area contributed by atoms with Gasteiger partial charge in [0.1, 0.15) is 5.82 Å². The van der Waals surface area contributed by atoms with Gasteiger partial charge in [0.25, 0.3) is 0 Å². The van der Waals surface area contributed by atoms with Gasteiger partial charge in [0.05, 0.1) is 18.3 Å². The van der Waals surface area contributed by atoms with Gasteiger partial charge < -0.3 is 15.7 Å². The van der Waals surface area contributed by atoms with E-state index in [9.17, 15) is 5.11 Å². The number of benzene rings is 2. The molecule has 0 aliphatic heterocycles. The van der Waals surface area contributed by atoms with Crippen LogP contribution in [0.5, 0.6) is 0 Å². The quantitative estimate of drug-likeness (QED) is 0.572. The smallest absolute Gasteiger partial charge is 0.225 e. The summed E-state index contributed by atoms with van der Waals surface area (Å²) in [5.74, 6) is 1.46. The molecular weight excluding hydrogens is 336 g/mol. The van der Waals surface area contributed by atoms with Gasteiger partial charge in [-0.05, 0) is 25.0 Å². The maximum Gasteiger partial charge on any atom is 0.225 e. The minimum Gasteiger partial charge on any atom is -0.394 e. The van der Waals surface area contributed by atoms with Gasteiger partial charge in [-0.2, -0.15) is 4.98 Å². The first-order valence-corrected chi connectivity index (χ1v) is 9.21. The van der Waals surface area contributed by atoms with E-state index >= 15 is 0 Å². The molecule has 140 valence electrons. The molecule has 3 N–H and O–H groups in total. The highest BCUT2D eigenvalue weighted by molar-refractivity contribution is 5.67. The molecular formula is C22H26N4O. The summed E-state index contributed by atoms with van der Waals surface area (Å²) in [4.78, 5) is 9.26. The Hall–Kier alpha value is -2.92. The van der Waals surface area contributed by atoms with Gasteiger partial charge in [-0.15, -0.1) is 0 Å². The third-order valence-corrected chi connectivity index (χ3v) is 4.44. The van der Waals surface area contributed by atoms with Crippen LogP contribution in [0.4, 0.5) is 17.5 Å². The molecule has 5 heteroatoms. The molecule has 5 nitrogen and oxygen atoms in total. The summed E-state index contributed by atoms with van der Waals surface area (Å²) >= 11 is 0. The number of hydrogen-bond acceptors (Lipinski definition) is 5. The zero-order valence-corrected chi connectivity index (χ0v) is 16.0. The molecule has 0 bridgehead atoms. The fourth-order valence-corrected chi connectivity index (χ4v) is 2.71. The third kappa shape index (κ3) is 5.05. The number of aliphatic hydroxyl groups excluding tert-OH is 1.